The van der Waals surface area contributed by atoms with Gasteiger partial charge in [0.25, 0.3) is 0 Å². The first kappa shape index (κ1) is 28.6. The van der Waals surface area contributed by atoms with Crippen molar-refractivity contribution >= 4 is 41.4 Å². The number of hydrogen-bond donors (Lipinski definition) is 7. The van der Waals surface area contributed by atoms with E-state index in [1.807, 2.05) is 6.26 Å². The van der Waals surface area contributed by atoms with Crippen LogP contribution in [0, 0.1) is 0 Å². The Kier molecular flexibility index (Phi) is 15.1. The second-order valence-corrected chi connectivity index (χ2v) is 7.77. The molecule has 0 aliphatic rings. The number of nitrogens with two attached hydrogens (primary N) is 2. The molecule has 3 unspecified atom stereocenters. The number of hydrogen-bond acceptors (Lipinski definition) is 8. The zero-order chi connectivity index (χ0) is 23.8. The molecule has 0 saturated heterocycles. The lowest BCUT2D eigenvalue weighted by Crippen LogP contribution is -2.56. The Morgan fingerprint density at radius 1 is 0.839 bits per heavy atom. The molecule has 0 fully saturated rings. The van der Waals surface area contributed by atoms with Crippen LogP contribution in [0.5, 0.6) is 0 Å². The highest BCUT2D eigenvalue weighted by molar-refractivity contribution is 7.98. The van der Waals surface area contributed by atoms with Crippen molar-refractivity contribution in [3.8, 4) is 0 Å². The van der Waals surface area contributed by atoms with Gasteiger partial charge in [-0.15, -0.1) is 0 Å². The van der Waals surface area contributed by atoms with Gasteiger partial charge in [-0.25, -0.2) is 4.79 Å². The summed E-state index contributed by atoms with van der Waals surface area (Å²) in [5, 5.41) is 25.5. The van der Waals surface area contributed by atoms with Crippen LogP contribution in [0.15, 0.2) is 0 Å². The van der Waals surface area contributed by atoms with Gasteiger partial charge in [0.1, 0.15) is 18.1 Å². The van der Waals surface area contributed by atoms with Gasteiger partial charge in [-0.1, -0.05) is 0 Å². The predicted octanol–water partition coefficient (Wildman–Crippen LogP) is -1.77. The molecule has 0 heterocycles. The minimum atomic E-state index is -1.29. The van der Waals surface area contributed by atoms with E-state index < -0.39 is 54.2 Å². The SMILES string of the molecule is CSCCC(NC(=O)CN)C(=O)NC(CCC(=O)O)C(=O)NC(CCCCN)C(=O)O. The highest BCUT2D eigenvalue weighted by Crippen LogP contribution is 2.06. The average Bonchev–Trinajstić information content (AvgIpc) is 2.72. The van der Waals surface area contributed by atoms with Crippen LogP contribution in [0.2, 0.25) is 0 Å². The third kappa shape index (κ3) is 12.8. The van der Waals surface area contributed by atoms with Crippen LogP contribution in [-0.4, -0.2) is 83.1 Å². The molecular formula is C18H33N5O7S. The summed E-state index contributed by atoms with van der Waals surface area (Å²) >= 11 is 1.45. The molecule has 0 aromatic rings. The van der Waals surface area contributed by atoms with Gasteiger partial charge in [0.2, 0.25) is 17.7 Å². The lowest BCUT2D eigenvalue weighted by molar-refractivity contribution is -0.143. The molecule has 3 amide bonds. The number of carbonyl (C=O) groups is 5. The largest absolute Gasteiger partial charge is 0.481 e. The van der Waals surface area contributed by atoms with E-state index >= 15 is 0 Å². The van der Waals surface area contributed by atoms with E-state index in [0.29, 0.717) is 25.1 Å². The van der Waals surface area contributed by atoms with Crippen molar-refractivity contribution in [3.05, 3.63) is 0 Å². The van der Waals surface area contributed by atoms with Gasteiger partial charge in [0.05, 0.1) is 6.54 Å². The summed E-state index contributed by atoms with van der Waals surface area (Å²) in [5.74, 6) is -3.95. The lowest BCUT2D eigenvalue weighted by Gasteiger charge is -2.24. The van der Waals surface area contributed by atoms with Gasteiger partial charge in [0.15, 0.2) is 0 Å². The van der Waals surface area contributed by atoms with E-state index in [0.717, 1.165) is 0 Å². The fourth-order valence-corrected chi connectivity index (χ4v) is 3.06. The topological polar surface area (TPSA) is 214 Å². The zero-order valence-corrected chi connectivity index (χ0v) is 18.4. The standard InChI is InChI=1S/C18H33N5O7S/c1-31-9-7-12(21-14(24)10-20)17(28)22-11(5-6-15(25)26)16(27)23-13(18(29)30)4-2-3-8-19/h11-13H,2-10,19-20H2,1H3,(H,21,24)(H,22,28)(H,23,27)(H,25,26)(H,29,30). The van der Waals surface area contributed by atoms with Gasteiger partial charge >= 0.3 is 11.9 Å². The van der Waals surface area contributed by atoms with Crippen LogP contribution in [0.25, 0.3) is 0 Å². The molecule has 31 heavy (non-hydrogen) atoms. The summed E-state index contributed by atoms with van der Waals surface area (Å²) in [6.45, 7) is 0.0542. The van der Waals surface area contributed by atoms with Crippen LogP contribution >= 0.6 is 11.8 Å². The second-order valence-electron chi connectivity index (χ2n) is 6.78. The number of carboxylic acid groups (broad SMARTS) is 2. The molecule has 178 valence electrons. The molecule has 0 aliphatic carbocycles. The van der Waals surface area contributed by atoms with Gasteiger partial charge < -0.3 is 37.6 Å². The summed E-state index contributed by atoms with van der Waals surface area (Å²) in [6.07, 6.45) is 2.61. The number of carboxylic acids is 2. The van der Waals surface area contributed by atoms with Crippen LogP contribution in [0.4, 0.5) is 0 Å². The first-order valence-electron chi connectivity index (χ1n) is 9.90. The molecule has 0 bridgehead atoms. The first-order chi connectivity index (χ1) is 14.7. The smallest absolute Gasteiger partial charge is 0.326 e. The van der Waals surface area contributed by atoms with Crippen LogP contribution in [-0.2, 0) is 24.0 Å². The molecule has 0 radical (unpaired) electrons. The number of aliphatic carboxylic acids is 2. The summed E-state index contributed by atoms with van der Waals surface area (Å²) in [7, 11) is 0. The Labute approximate surface area is 185 Å². The number of nitrogens with one attached hydrogen (secondary N) is 3. The predicted molar refractivity (Wildman–Crippen MR) is 115 cm³/mol. The molecular weight excluding hydrogens is 430 g/mol. The van der Waals surface area contributed by atoms with Crippen molar-refractivity contribution in [1.82, 2.24) is 16.0 Å². The van der Waals surface area contributed by atoms with Crippen molar-refractivity contribution in [2.75, 3.05) is 25.1 Å². The third-order valence-corrected chi connectivity index (χ3v) is 4.93. The van der Waals surface area contributed by atoms with Crippen LogP contribution in [0.1, 0.15) is 38.5 Å². The number of amides is 3. The van der Waals surface area contributed by atoms with E-state index in [-0.39, 0.29) is 25.8 Å². The normalized spacial score (nSPS) is 13.5. The lowest BCUT2D eigenvalue weighted by atomic mass is 10.1. The zero-order valence-electron chi connectivity index (χ0n) is 17.6. The van der Waals surface area contributed by atoms with Gasteiger partial charge in [-0.2, -0.15) is 11.8 Å². The van der Waals surface area contributed by atoms with Crippen molar-refractivity contribution in [1.29, 1.82) is 0 Å². The van der Waals surface area contributed by atoms with E-state index in [9.17, 15) is 29.1 Å². The summed E-state index contributed by atoms with van der Waals surface area (Å²) < 4.78 is 0. The summed E-state index contributed by atoms with van der Waals surface area (Å²) in [4.78, 5) is 59.3. The van der Waals surface area contributed by atoms with E-state index in [1.165, 1.54) is 11.8 Å². The van der Waals surface area contributed by atoms with Gasteiger partial charge in [-0.3, -0.25) is 19.2 Å². The fraction of sp³-hybridized carbons (Fsp3) is 0.722. The summed E-state index contributed by atoms with van der Waals surface area (Å²) in [5.41, 5.74) is 10.7. The highest BCUT2D eigenvalue weighted by atomic mass is 32.2. The Bertz CT molecular complexity index is 620. The van der Waals surface area contributed by atoms with Crippen LogP contribution < -0.4 is 27.4 Å². The molecule has 0 aromatic carbocycles. The van der Waals surface area contributed by atoms with Crippen molar-refractivity contribution in [2.45, 2.75) is 56.7 Å². The van der Waals surface area contributed by atoms with Crippen molar-refractivity contribution in [2.24, 2.45) is 11.5 Å². The second kappa shape index (κ2) is 16.3. The molecule has 0 spiro atoms. The Morgan fingerprint density at radius 2 is 1.42 bits per heavy atom. The Balaban J connectivity index is 5.32. The molecule has 12 nitrogen and oxygen atoms in total. The van der Waals surface area contributed by atoms with Crippen molar-refractivity contribution < 1.29 is 34.2 Å². The van der Waals surface area contributed by atoms with E-state index in [1.54, 1.807) is 0 Å². The van der Waals surface area contributed by atoms with Crippen LogP contribution in [0.3, 0.4) is 0 Å². The highest BCUT2D eigenvalue weighted by Gasteiger charge is 2.29. The molecule has 0 aliphatic heterocycles. The molecule has 3 atom stereocenters. The maximum absolute atomic E-state index is 12.7. The molecule has 0 rings (SSSR count). The van der Waals surface area contributed by atoms with E-state index in [4.69, 9.17) is 16.6 Å². The summed E-state index contributed by atoms with van der Waals surface area (Å²) in [6, 6.07) is -3.46. The van der Waals surface area contributed by atoms with Gasteiger partial charge in [-0.05, 0) is 50.7 Å². The fourth-order valence-electron chi connectivity index (χ4n) is 2.59. The monoisotopic (exact) mass is 463 g/mol. The average molecular weight is 464 g/mol. The van der Waals surface area contributed by atoms with Gasteiger partial charge in [0, 0.05) is 6.42 Å². The first-order valence-corrected chi connectivity index (χ1v) is 11.3. The minimum absolute atomic E-state index is 0.140. The molecule has 0 aromatic heterocycles. The molecule has 0 saturated carbocycles. The maximum atomic E-state index is 12.7. The Morgan fingerprint density at radius 3 is 1.90 bits per heavy atom. The van der Waals surface area contributed by atoms with Crippen molar-refractivity contribution in [3.63, 3.8) is 0 Å². The molecule has 13 heteroatoms. The third-order valence-electron chi connectivity index (χ3n) is 4.29. The number of thioether (sulfide) groups is 1. The number of rotatable bonds is 17. The number of unbranched alkanes of at least 4 members (excludes halogenated alkanes) is 1. The number of carbonyl (C=O) groups excluding carboxylic acids is 3. The van der Waals surface area contributed by atoms with E-state index in [2.05, 4.69) is 16.0 Å². The minimum Gasteiger partial charge on any atom is -0.481 e. The maximum Gasteiger partial charge on any atom is 0.326 e. The Hall–Kier alpha value is -2.38. The quantitative estimate of drug-likeness (QED) is 0.120. The molecule has 9 N–H and O–H groups in total.